The number of nitrogens with one attached hydrogen (secondary N) is 1. The fraction of sp³-hybridized carbons (Fsp3) is 0.455. The lowest BCUT2D eigenvalue weighted by Gasteiger charge is -2.30. The van der Waals surface area contributed by atoms with Crippen LogP contribution in [0, 0.1) is 6.92 Å². The second kappa shape index (κ2) is 11.1. The van der Waals surface area contributed by atoms with Gasteiger partial charge in [0, 0.05) is 13.7 Å². The van der Waals surface area contributed by atoms with Gasteiger partial charge in [-0.2, -0.15) is 0 Å². The van der Waals surface area contributed by atoms with E-state index in [1.807, 2.05) is 42.5 Å². The van der Waals surface area contributed by atoms with Crippen LogP contribution in [0.25, 0.3) is 0 Å². The van der Waals surface area contributed by atoms with Crippen molar-refractivity contribution in [1.29, 1.82) is 0 Å². The minimum absolute atomic E-state index is 0.212. The summed E-state index contributed by atoms with van der Waals surface area (Å²) in [5.74, 6) is 0. The van der Waals surface area contributed by atoms with E-state index in [1.54, 1.807) is 7.11 Å². The molecule has 0 aliphatic rings. The van der Waals surface area contributed by atoms with Gasteiger partial charge in [0.05, 0.1) is 6.10 Å². The average molecular weight is 357 g/mol. The molecule has 26 heavy (non-hydrogen) atoms. The van der Waals surface area contributed by atoms with Crippen LogP contribution in [0.3, 0.4) is 0 Å². The van der Waals surface area contributed by atoms with Crippen molar-refractivity contribution < 1.29 is 14.6 Å². The molecule has 0 fully saturated rings. The Bertz CT molecular complexity index is 632. The second-order valence-electron chi connectivity index (χ2n) is 6.55. The fourth-order valence-electron chi connectivity index (χ4n) is 3.10. The van der Waals surface area contributed by atoms with E-state index in [9.17, 15) is 5.11 Å². The SMILES string of the molecule is CCCCC(OC(O)NCc1ccccc1)C(OC)c1ccccc1C. The maximum Gasteiger partial charge on any atom is 0.214 e. The van der Waals surface area contributed by atoms with E-state index in [1.165, 1.54) is 0 Å². The highest BCUT2D eigenvalue weighted by Gasteiger charge is 2.27. The molecule has 2 aromatic carbocycles. The molecule has 4 nitrogen and oxygen atoms in total. The maximum absolute atomic E-state index is 10.4. The lowest BCUT2D eigenvalue weighted by atomic mass is 9.96. The first-order valence-corrected chi connectivity index (χ1v) is 9.34. The Labute approximate surface area is 157 Å². The molecule has 0 radical (unpaired) electrons. The zero-order chi connectivity index (χ0) is 18.8. The van der Waals surface area contributed by atoms with E-state index in [2.05, 4.69) is 31.3 Å². The normalized spacial score (nSPS) is 14.8. The molecule has 4 heteroatoms. The highest BCUT2D eigenvalue weighted by Crippen LogP contribution is 2.29. The predicted octanol–water partition coefficient (Wildman–Crippen LogP) is 4.32. The predicted molar refractivity (Wildman–Crippen MR) is 105 cm³/mol. The first kappa shape index (κ1) is 20.6. The Morgan fingerprint density at radius 3 is 2.38 bits per heavy atom. The molecule has 0 aliphatic carbocycles. The number of methoxy groups -OCH3 is 1. The third kappa shape index (κ3) is 6.22. The third-order valence-electron chi connectivity index (χ3n) is 4.56. The minimum atomic E-state index is -1.04. The number of hydrogen-bond donors (Lipinski definition) is 2. The van der Waals surface area contributed by atoms with Crippen molar-refractivity contribution in [2.24, 2.45) is 0 Å². The summed E-state index contributed by atoms with van der Waals surface area (Å²) in [5.41, 5.74) is 3.37. The van der Waals surface area contributed by atoms with Crippen molar-refractivity contribution >= 4 is 0 Å². The molecule has 2 rings (SSSR count). The second-order valence-corrected chi connectivity index (χ2v) is 6.55. The lowest BCUT2D eigenvalue weighted by Crippen LogP contribution is -2.37. The first-order chi connectivity index (χ1) is 12.7. The van der Waals surface area contributed by atoms with E-state index < -0.39 is 6.41 Å². The van der Waals surface area contributed by atoms with Crippen molar-refractivity contribution in [2.75, 3.05) is 7.11 Å². The van der Waals surface area contributed by atoms with Crippen LogP contribution in [0.5, 0.6) is 0 Å². The summed E-state index contributed by atoms with van der Waals surface area (Å²) in [6, 6.07) is 18.1. The van der Waals surface area contributed by atoms with Crippen molar-refractivity contribution in [3.05, 3.63) is 71.3 Å². The molecular formula is C22H31NO3. The fourth-order valence-corrected chi connectivity index (χ4v) is 3.10. The van der Waals surface area contributed by atoms with Gasteiger partial charge in [-0.3, -0.25) is 5.32 Å². The van der Waals surface area contributed by atoms with Crippen LogP contribution in [0.15, 0.2) is 54.6 Å². The van der Waals surface area contributed by atoms with Gasteiger partial charge in [0.25, 0.3) is 0 Å². The van der Waals surface area contributed by atoms with E-state index in [4.69, 9.17) is 9.47 Å². The molecule has 0 bridgehead atoms. The molecule has 3 atom stereocenters. The van der Waals surface area contributed by atoms with Crippen LogP contribution in [0.4, 0.5) is 0 Å². The molecule has 0 saturated carbocycles. The van der Waals surface area contributed by atoms with Crippen molar-refractivity contribution in [1.82, 2.24) is 5.32 Å². The molecule has 142 valence electrons. The number of unbranched alkanes of at least 4 members (excludes halogenated alkanes) is 1. The molecule has 3 unspecified atom stereocenters. The van der Waals surface area contributed by atoms with Crippen LogP contribution in [-0.2, 0) is 16.0 Å². The Morgan fingerprint density at radius 2 is 1.73 bits per heavy atom. The number of hydrogen-bond acceptors (Lipinski definition) is 4. The van der Waals surface area contributed by atoms with Crippen molar-refractivity contribution in [3.8, 4) is 0 Å². The lowest BCUT2D eigenvalue weighted by molar-refractivity contribution is -0.188. The van der Waals surface area contributed by atoms with Gasteiger partial charge in [-0.15, -0.1) is 0 Å². The molecule has 0 spiro atoms. The summed E-state index contributed by atoms with van der Waals surface area (Å²) < 4.78 is 11.7. The van der Waals surface area contributed by atoms with E-state index in [-0.39, 0.29) is 12.2 Å². The monoisotopic (exact) mass is 357 g/mol. The largest absolute Gasteiger partial charge is 0.374 e. The van der Waals surface area contributed by atoms with Crippen LogP contribution in [0.2, 0.25) is 0 Å². The summed E-state index contributed by atoms with van der Waals surface area (Å²) in [6.07, 6.45) is 1.43. The molecule has 0 aliphatic heterocycles. The summed E-state index contributed by atoms with van der Waals surface area (Å²) in [7, 11) is 1.70. The zero-order valence-electron chi connectivity index (χ0n) is 16.0. The van der Waals surface area contributed by atoms with Gasteiger partial charge in [-0.25, -0.2) is 0 Å². The van der Waals surface area contributed by atoms with Crippen LogP contribution < -0.4 is 5.32 Å². The minimum Gasteiger partial charge on any atom is -0.374 e. The Hall–Kier alpha value is -1.72. The van der Waals surface area contributed by atoms with Crippen molar-refractivity contribution in [3.63, 3.8) is 0 Å². The Balaban J connectivity index is 2.03. The van der Waals surface area contributed by atoms with Gasteiger partial charge in [-0.1, -0.05) is 74.4 Å². The molecule has 2 aromatic rings. The van der Waals surface area contributed by atoms with Crippen LogP contribution >= 0.6 is 0 Å². The Kier molecular flexibility index (Phi) is 8.78. The number of rotatable bonds is 11. The van der Waals surface area contributed by atoms with E-state index in [0.29, 0.717) is 6.54 Å². The number of aliphatic hydroxyl groups excluding tert-OH is 1. The van der Waals surface area contributed by atoms with Crippen molar-refractivity contribution in [2.45, 2.75) is 58.3 Å². The number of ether oxygens (including phenoxy) is 2. The first-order valence-electron chi connectivity index (χ1n) is 9.34. The highest BCUT2D eigenvalue weighted by molar-refractivity contribution is 5.28. The Morgan fingerprint density at radius 1 is 1.04 bits per heavy atom. The molecule has 0 saturated heterocycles. The van der Waals surface area contributed by atoms with Gasteiger partial charge < -0.3 is 14.6 Å². The van der Waals surface area contributed by atoms with E-state index in [0.717, 1.165) is 36.0 Å². The quantitative estimate of drug-likeness (QED) is 0.588. The van der Waals surface area contributed by atoms with Gasteiger partial charge >= 0.3 is 0 Å². The van der Waals surface area contributed by atoms with Gasteiger partial charge in [0.2, 0.25) is 6.41 Å². The number of aliphatic hydroxyl groups is 1. The summed E-state index contributed by atoms with van der Waals surface area (Å²) in [4.78, 5) is 0. The van der Waals surface area contributed by atoms with Crippen LogP contribution in [0.1, 0.15) is 49.0 Å². The topological polar surface area (TPSA) is 50.7 Å². The van der Waals surface area contributed by atoms with Gasteiger partial charge in [0.15, 0.2) is 0 Å². The molecule has 0 heterocycles. The molecule has 2 N–H and O–H groups in total. The highest BCUT2D eigenvalue weighted by atomic mass is 16.6. The standard InChI is InChI=1S/C22H31NO3/c1-4-5-15-20(21(25-3)19-14-10-9-11-17(19)2)26-22(24)23-16-18-12-7-6-8-13-18/h6-14,20-24H,4-5,15-16H2,1-3H3. The molecule has 0 aromatic heterocycles. The number of benzene rings is 2. The van der Waals surface area contributed by atoms with Gasteiger partial charge in [0.1, 0.15) is 6.10 Å². The zero-order valence-corrected chi connectivity index (χ0v) is 16.0. The summed E-state index contributed by atoms with van der Waals surface area (Å²) >= 11 is 0. The smallest absolute Gasteiger partial charge is 0.214 e. The number of aryl methyl sites for hydroxylation is 1. The molecule has 0 amide bonds. The third-order valence-corrected chi connectivity index (χ3v) is 4.56. The molecular weight excluding hydrogens is 326 g/mol. The van der Waals surface area contributed by atoms with Gasteiger partial charge in [-0.05, 0) is 30.0 Å². The maximum atomic E-state index is 10.4. The van der Waals surface area contributed by atoms with Crippen LogP contribution in [-0.4, -0.2) is 24.7 Å². The summed E-state index contributed by atoms with van der Waals surface area (Å²) in [6.45, 7) is 4.77. The average Bonchev–Trinajstić information content (AvgIpc) is 2.67. The summed E-state index contributed by atoms with van der Waals surface area (Å²) in [5, 5.41) is 13.4. The van der Waals surface area contributed by atoms with E-state index >= 15 is 0 Å².